The van der Waals surface area contributed by atoms with Crippen molar-refractivity contribution in [1.29, 1.82) is 0 Å². The van der Waals surface area contributed by atoms with Crippen LogP contribution in [-0.4, -0.2) is 53.6 Å². The zero-order chi connectivity index (χ0) is 26.1. The number of rotatable bonds is 10. The van der Waals surface area contributed by atoms with Crippen molar-refractivity contribution >= 4 is 18.1 Å². The summed E-state index contributed by atoms with van der Waals surface area (Å²) in [6, 6.07) is 14.4. The number of esters is 1. The summed E-state index contributed by atoms with van der Waals surface area (Å²) in [7, 11) is 7.41. The molecule has 10 nitrogen and oxygen atoms in total. The number of amides is 1. The van der Waals surface area contributed by atoms with Gasteiger partial charge in [-0.2, -0.15) is 5.10 Å². The predicted molar refractivity (Wildman–Crippen MR) is 132 cm³/mol. The minimum absolute atomic E-state index is 0.277. The molecule has 1 N–H and O–H groups in total. The van der Waals surface area contributed by atoms with Crippen LogP contribution in [0.3, 0.4) is 0 Å². The van der Waals surface area contributed by atoms with Crippen LogP contribution < -0.4 is 33.8 Å². The first kappa shape index (κ1) is 25.9. The van der Waals surface area contributed by atoms with E-state index in [1.54, 1.807) is 42.5 Å². The van der Waals surface area contributed by atoms with Gasteiger partial charge in [0.25, 0.3) is 5.91 Å². The Balaban J connectivity index is 1.63. The molecule has 0 spiro atoms. The molecule has 0 fully saturated rings. The second-order valence-corrected chi connectivity index (χ2v) is 7.14. The van der Waals surface area contributed by atoms with Gasteiger partial charge in [-0.3, -0.25) is 4.79 Å². The van der Waals surface area contributed by atoms with Crippen molar-refractivity contribution in [1.82, 2.24) is 5.43 Å². The molecule has 188 valence electrons. The highest BCUT2D eigenvalue weighted by molar-refractivity contribution is 5.96. The van der Waals surface area contributed by atoms with Gasteiger partial charge in [0.1, 0.15) is 5.75 Å². The highest BCUT2D eigenvalue weighted by Crippen LogP contribution is 2.38. The number of methoxy groups -OCH3 is 5. The second-order valence-electron chi connectivity index (χ2n) is 7.14. The molecule has 0 aliphatic carbocycles. The highest BCUT2D eigenvalue weighted by Gasteiger charge is 2.17. The number of carbonyl (C=O) groups is 2. The molecule has 1 amide bonds. The van der Waals surface area contributed by atoms with Crippen LogP contribution in [0.4, 0.5) is 0 Å². The minimum Gasteiger partial charge on any atom is -0.493 e. The topological polar surface area (TPSA) is 114 Å². The van der Waals surface area contributed by atoms with Crippen molar-refractivity contribution < 1.29 is 38.0 Å². The van der Waals surface area contributed by atoms with Gasteiger partial charge in [-0.15, -0.1) is 0 Å². The molecule has 0 radical (unpaired) electrons. The van der Waals surface area contributed by atoms with Crippen molar-refractivity contribution in [3.8, 4) is 34.5 Å². The number of hydrogen-bond donors (Lipinski definition) is 1. The van der Waals surface area contributed by atoms with Crippen LogP contribution in [0.1, 0.15) is 26.3 Å². The Morgan fingerprint density at radius 2 is 1.28 bits per heavy atom. The molecule has 10 heteroatoms. The largest absolute Gasteiger partial charge is 0.493 e. The molecule has 0 aliphatic heterocycles. The molecule has 3 aromatic carbocycles. The van der Waals surface area contributed by atoms with Crippen molar-refractivity contribution in [3.05, 3.63) is 71.3 Å². The lowest BCUT2D eigenvalue weighted by Crippen LogP contribution is -2.18. The molecular formula is C26H26N2O8. The van der Waals surface area contributed by atoms with Gasteiger partial charge in [0.15, 0.2) is 23.0 Å². The molecule has 0 atom stereocenters. The van der Waals surface area contributed by atoms with E-state index in [0.29, 0.717) is 45.6 Å². The molecule has 0 saturated heterocycles. The first-order valence-corrected chi connectivity index (χ1v) is 10.6. The van der Waals surface area contributed by atoms with Gasteiger partial charge in [0, 0.05) is 5.56 Å². The van der Waals surface area contributed by atoms with Gasteiger partial charge in [-0.05, 0) is 60.2 Å². The fraction of sp³-hybridized carbons (Fsp3) is 0.192. The van der Waals surface area contributed by atoms with Gasteiger partial charge >= 0.3 is 5.97 Å². The van der Waals surface area contributed by atoms with Gasteiger partial charge in [0.2, 0.25) is 5.75 Å². The van der Waals surface area contributed by atoms with E-state index in [1.807, 2.05) is 0 Å². The number of benzene rings is 3. The number of ether oxygens (including phenoxy) is 6. The van der Waals surface area contributed by atoms with Crippen molar-refractivity contribution in [2.24, 2.45) is 5.10 Å². The first-order chi connectivity index (χ1) is 17.4. The lowest BCUT2D eigenvalue weighted by molar-refractivity contribution is 0.0734. The third kappa shape index (κ3) is 6.03. The van der Waals surface area contributed by atoms with E-state index in [0.717, 1.165) is 0 Å². The molecular weight excluding hydrogens is 468 g/mol. The summed E-state index contributed by atoms with van der Waals surface area (Å²) in [5.74, 6) is 1.34. The monoisotopic (exact) mass is 494 g/mol. The molecule has 0 aliphatic rings. The maximum absolute atomic E-state index is 12.5. The zero-order valence-electron chi connectivity index (χ0n) is 20.5. The summed E-state index contributed by atoms with van der Waals surface area (Å²) in [4.78, 5) is 25.0. The lowest BCUT2D eigenvalue weighted by Gasteiger charge is -2.13. The van der Waals surface area contributed by atoms with Crippen LogP contribution in [-0.2, 0) is 0 Å². The normalized spacial score (nSPS) is 10.5. The molecule has 3 aromatic rings. The Hall–Kier alpha value is -4.73. The fourth-order valence-electron chi connectivity index (χ4n) is 3.19. The Kier molecular flexibility index (Phi) is 8.71. The van der Waals surface area contributed by atoms with Crippen LogP contribution in [0.15, 0.2) is 59.7 Å². The summed E-state index contributed by atoms with van der Waals surface area (Å²) < 4.78 is 31.6. The fourth-order valence-corrected chi connectivity index (χ4v) is 3.19. The molecule has 3 rings (SSSR count). The predicted octanol–water partition coefficient (Wildman–Crippen LogP) is 3.71. The lowest BCUT2D eigenvalue weighted by atomic mass is 10.1. The van der Waals surface area contributed by atoms with Crippen LogP contribution in [0.2, 0.25) is 0 Å². The molecule has 0 aromatic heterocycles. The summed E-state index contributed by atoms with van der Waals surface area (Å²) in [6.07, 6.45) is 1.45. The smallest absolute Gasteiger partial charge is 0.343 e. The van der Waals surface area contributed by atoms with Crippen LogP contribution in [0, 0.1) is 0 Å². The SMILES string of the molecule is COc1ccc(C(=O)Oc2ccc(C=NNC(=O)c3cc(OC)c(OC)c(OC)c3)cc2)cc1OC. The number of hydrazone groups is 1. The average Bonchev–Trinajstić information content (AvgIpc) is 2.92. The summed E-state index contributed by atoms with van der Waals surface area (Å²) in [5.41, 5.74) is 3.71. The van der Waals surface area contributed by atoms with E-state index in [1.165, 1.54) is 53.9 Å². The maximum Gasteiger partial charge on any atom is 0.343 e. The van der Waals surface area contributed by atoms with Crippen molar-refractivity contribution in [3.63, 3.8) is 0 Å². The minimum atomic E-state index is -0.546. The Morgan fingerprint density at radius 3 is 1.83 bits per heavy atom. The molecule has 0 heterocycles. The average molecular weight is 495 g/mol. The standard InChI is InChI=1S/C26H26N2O8/c1-31-20-11-8-17(12-21(20)32-2)26(30)36-19-9-6-16(7-10-19)15-27-28-25(29)18-13-22(33-3)24(35-5)23(14-18)34-4/h6-15H,1-5H3,(H,28,29). The first-order valence-electron chi connectivity index (χ1n) is 10.6. The maximum atomic E-state index is 12.5. The second kappa shape index (κ2) is 12.1. The van der Waals surface area contributed by atoms with Gasteiger partial charge in [0.05, 0.1) is 47.3 Å². The van der Waals surface area contributed by atoms with Crippen molar-refractivity contribution in [2.75, 3.05) is 35.5 Å². The van der Waals surface area contributed by atoms with Crippen molar-refractivity contribution in [2.45, 2.75) is 0 Å². The van der Waals surface area contributed by atoms with Crippen LogP contribution in [0.25, 0.3) is 0 Å². The van der Waals surface area contributed by atoms with Crippen LogP contribution in [0.5, 0.6) is 34.5 Å². The third-order valence-electron chi connectivity index (χ3n) is 5.02. The summed E-state index contributed by atoms with van der Waals surface area (Å²) >= 11 is 0. The van der Waals surface area contributed by atoms with E-state index in [-0.39, 0.29) is 5.56 Å². The summed E-state index contributed by atoms with van der Waals surface area (Å²) in [5, 5.41) is 3.97. The Bertz CT molecular complexity index is 1230. The van der Waals surface area contributed by atoms with E-state index >= 15 is 0 Å². The van der Waals surface area contributed by atoms with E-state index in [2.05, 4.69) is 10.5 Å². The number of nitrogens with zero attached hydrogens (tertiary/aromatic N) is 1. The van der Waals surface area contributed by atoms with E-state index in [4.69, 9.17) is 28.4 Å². The van der Waals surface area contributed by atoms with Gasteiger partial charge in [-0.25, -0.2) is 10.2 Å². The third-order valence-corrected chi connectivity index (χ3v) is 5.02. The number of hydrogen-bond acceptors (Lipinski definition) is 9. The Morgan fingerprint density at radius 1 is 0.694 bits per heavy atom. The summed E-state index contributed by atoms with van der Waals surface area (Å²) in [6.45, 7) is 0. The molecule has 0 bridgehead atoms. The van der Waals surface area contributed by atoms with Crippen LogP contribution >= 0.6 is 0 Å². The van der Waals surface area contributed by atoms with E-state index in [9.17, 15) is 9.59 Å². The molecule has 0 saturated carbocycles. The quantitative estimate of drug-likeness (QED) is 0.196. The zero-order valence-corrected chi connectivity index (χ0v) is 20.5. The Labute approximate surface area is 208 Å². The number of nitrogens with one attached hydrogen (secondary N) is 1. The number of carbonyl (C=O) groups excluding carboxylic acids is 2. The molecule has 36 heavy (non-hydrogen) atoms. The van der Waals surface area contributed by atoms with Gasteiger partial charge < -0.3 is 28.4 Å². The van der Waals surface area contributed by atoms with Gasteiger partial charge in [-0.1, -0.05) is 0 Å². The van der Waals surface area contributed by atoms with E-state index < -0.39 is 11.9 Å². The highest BCUT2D eigenvalue weighted by atomic mass is 16.5. The molecule has 0 unspecified atom stereocenters.